The van der Waals surface area contributed by atoms with Crippen LogP contribution in [0.3, 0.4) is 0 Å². The summed E-state index contributed by atoms with van der Waals surface area (Å²) in [6, 6.07) is 8.74. The molecule has 29 heavy (non-hydrogen) atoms. The zero-order valence-corrected chi connectivity index (χ0v) is 17.2. The van der Waals surface area contributed by atoms with Crippen LogP contribution in [-0.4, -0.2) is 31.2 Å². The van der Waals surface area contributed by atoms with Crippen molar-refractivity contribution in [2.24, 2.45) is 10.9 Å². The molecule has 7 heteroatoms. The molecule has 3 rings (SSSR count). The molecule has 1 aliphatic carbocycles. The quantitative estimate of drug-likeness (QED) is 0.495. The number of guanidine groups is 1. The Balaban J connectivity index is 1.61. The van der Waals surface area contributed by atoms with E-state index in [9.17, 15) is 4.39 Å². The minimum absolute atomic E-state index is 0.117. The van der Waals surface area contributed by atoms with Gasteiger partial charge in [-0.3, -0.25) is 0 Å². The number of aliphatic imine (C=N–C) groups is 1. The van der Waals surface area contributed by atoms with Crippen LogP contribution in [-0.2, 0) is 6.54 Å². The summed E-state index contributed by atoms with van der Waals surface area (Å²) in [5.74, 6) is 1.81. The third-order valence-corrected chi connectivity index (χ3v) is 4.75. The van der Waals surface area contributed by atoms with E-state index in [1.165, 1.54) is 18.9 Å². The van der Waals surface area contributed by atoms with E-state index in [0.717, 1.165) is 17.7 Å². The fourth-order valence-electron chi connectivity index (χ4n) is 2.80. The van der Waals surface area contributed by atoms with Gasteiger partial charge in [-0.25, -0.2) is 14.4 Å². The number of halogens is 1. The highest BCUT2D eigenvalue weighted by Crippen LogP contribution is 2.30. The summed E-state index contributed by atoms with van der Waals surface area (Å²) in [5, 5.41) is 6.54. The molecule has 1 aliphatic rings. The number of methoxy groups -OCH3 is 1. The van der Waals surface area contributed by atoms with Gasteiger partial charge < -0.3 is 20.1 Å². The van der Waals surface area contributed by atoms with Crippen molar-refractivity contribution >= 4 is 5.96 Å². The first-order valence-corrected chi connectivity index (χ1v) is 10.0. The molecule has 1 heterocycles. The van der Waals surface area contributed by atoms with Gasteiger partial charge in [-0.2, -0.15) is 0 Å². The van der Waals surface area contributed by atoms with Gasteiger partial charge in [0.2, 0.25) is 5.88 Å². The van der Waals surface area contributed by atoms with Crippen LogP contribution in [0.1, 0.15) is 43.9 Å². The largest absolute Gasteiger partial charge is 0.490 e. The second kappa shape index (κ2) is 10.1. The Hall–Kier alpha value is -2.83. The van der Waals surface area contributed by atoms with Crippen LogP contribution in [0.15, 0.2) is 41.5 Å². The molecular weight excluding hydrogens is 371 g/mol. The van der Waals surface area contributed by atoms with Crippen LogP contribution in [0.5, 0.6) is 11.6 Å². The topological polar surface area (TPSA) is 67.8 Å². The number of aromatic nitrogens is 1. The van der Waals surface area contributed by atoms with E-state index in [2.05, 4.69) is 20.6 Å². The molecule has 6 nitrogen and oxygen atoms in total. The molecule has 1 aromatic carbocycles. The number of hydrogen-bond donors (Lipinski definition) is 2. The van der Waals surface area contributed by atoms with Gasteiger partial charge in [0, 0.05) is 18.8 Å². The first-order chi connectivity index (χ1) is 14.1. The molecule has 0 spiro atoms. The van der Waals surface area contributed by atoms with Crippen molar-refractivity contribution in [1.82, 2.24) is 15.6 Å². The van der Waals surface area contributed by atoms with Crippen molar-refractivity contribution in [3.8, 4) is 11.6 Å². The number of benzene rings is 1. The first kappa shape index (κ1) is 20.9. The van der Waals surface area contributed by atoms with E-state index in [-0.39, 0.29) is 11.9 Å². The molecule has 2 aromatic rings. The molecule has 0 radical (unpaired) electrons. The standard InChI is InChI=1S/C22H29FN4O2/c1-4-24-22(26-13-17-7-10-21(28-3)25-12-17)27-15(2)18-8-9-20(19(23)11-18)29-14-16-5-6-16/h7-12,15-16H,4-6,13-14H2,1-3H3,(H2,24,26,27). The molecule has 0 saturated heterocycles. The van der Waals surface area contributed by atoms with E-state index in [0.29, 0.717) is 36.7 Å². The van der Waals surface area contributed by atoms with Gasteiger partial charge in [0.25, 0.3) is 0 Å². The highest BCUT2D eigenvalue weighted by Gasteiger charge is 2.22. The second-order valence-electron chi connectivity index (χ2n) is 7.21. The molecule has 1 unspecified atom stereocenters. The molecule has 1 atom stereocenters. The highest BCUT2D eigenvalue weighted by molar-refractivity contribution is 5.80. The van der Waals surface area contributed by atoms with Crippen molar-refractivity contribution < 1.29 is 13.9 Å². The lowest BCUT2D eigenvalue weighted by molar-refractivity contribution is 0.285. The molecule has 156 valence electrons. The van der Waals surface area contributed by atoms with Crippen LogP contribution >= 0.6 is 0 Å². The molecule has 1 fully saturated rings. The van der Waals surface area contributed by atoms with Crippen LogP contribution in [0, 0.1) is 11.7 Å². The molecule has 0 bridgehead atoms. The lowest BCUT2D eigenvalue weighted by Crippen LogP contribution is -2.38. The minimum atomic E-state index is -0.331. The van der Waals surface area contributed by atoms with Gasteiger partial charge in [0.15, 0.2) is 17.5 Å². The Bertz CT molecular complexity index is 822. The molecule has 0 aliphatic heterocycles. The first-order valence-electron chi connectivity index (χ1n) is 10.0. The fourth-order valence-corrected chi connectivity index (χ4v) is 2.80. The Morgan fingerprint density at radius 1 is 1.31 bits per heavy atom. The minimum Gasteiger partial charge on any atom is -0.490 e. The van der Waals surface area contributed by atoms with Crippen LogP contribution in [0.2, 0.25) is 0 Å². The van der Waals surface area contributed by atoms with E-state index in [4.69, 9.17) is 9.47 Å². The summed E-state index contributed by atoms with van der Waals surface area (Å²) in [6.45, 7) is 5.77. The number of nitrogens with zero attached hydrogens (tertiary/aromatic N) is 2. The number of ether oxygens (including phenoxy) is 2. The average Bonchev–Trinajstić information content (AvgIpc) is 3.56. The molecular formula is C22H29FN4O2. The number of nitrogens with one attached hydrogen (secondary N) is 2. The normalized spacial score (nSPS) is 15.0. The van der Waals surface area contributed by atoms with Gasteiger partial charge >= 0.3 is 0 Å². The monoisotopic (exact) mass is 400 g/mol. The average molecular weight is 400 g/mol. The van der Waals surface area contributed by atoms with E-state index < -0.39 is 0 Å². The van der Waals surface area contributed by atoms with E-state index >= 15 is 0 Å². The summed E-state index contributed by atoms with van der Waals surface area (Å²) >= 11 is 0. The zero-order chi connectivity index (χ0) is 20.6. The van der Waals surface area contributed by atoms with E-state index in [1.54, 1.807) is 19.4 Å². The van der Waals surface area contributed by atoms with Crippen molar-refractivity contribution in [1.29, 1.82) is 0 Å². The Kier molecular flexibility index (Phi) is 7.27. The van der Waals surface area contributed by atoms with Gasteiger partial charge in [-0.15, -0.1) is 0 Å². The van der Waals surface area contributed by atoms with Crippen LogP contribution < -0.4 is 20.1 Å². The number of pyridine rings is 1. The SMILES string of the molecule is CCNC(=NCc1ccc(OC)nc1)NC(C)c1ccc(OCC2CC2)c(F)c1. The smallest absolute Gasteiger partial charge is 0.212 e. The summed E-state index contributed by atoms with van der Waals surface area (Å²) < 4.78 is 25.0. The summed E-state index contributed by atoms with van der Waals surface area (Å²) in [6.07, 6.45) is 4.10. The predicted molar refractivity (Wildman–Crippen MR) is 112 cm³/mol. The summed E-state index contributed by atoms with van der Waals surface area (Å²) in [7, 11) is 1.59. The highest BCUT2D eigenvalue weighted by atomic mass is 19.1. The summed E-state index contributed by atoms with van der Waals surface area (Å²) in [5.41, 5.74) is 1.80. The zero-order valence-electron chi connectivity index (χ0n) is 17.2. The molecule has 1 aromatic heterocycles. The molecule has 0 amide bonds. The van der Waals surface area contributed by atoms with Crippen molar-refractivity contribution in [2.75, 3.05) is 20.3 Å². The lowest BCUT2D eigenvalue weighted by atomic mass is 10.1. The predicted octanol–water partition coefficient (Wildman–Crippen LogP) is 3.83. The van der Waals surface area contributed by atoms with E-state index in [1.807, 2.05) is 32.0 Å². The molecule has 2 N–H and O–H groups in total. The fraction of sp³-hybridized carbons (Fsp3) is 0.455. The van der Waals surface area contributed by atoms with Gasteiger partial charge in [-0.05, 0) is 55.9 Å². The van der Waals surface area contributed by atoms with Crippen molar-refractivity contribution in [3.05, 3.63) is 53.5 Å². The van der Waals surface area contributed by atoms with Crippen LogP contribution in [0.25, 0.3) is 0 Å². The maximum Gasteiger partial charge on any atom is 0.212 e. The van der Waals surface area contributed by atoms with Gasteiger partial charge in [0.1, 0.15) is 0 Å². The maximum absolute atomic E-state index is 14.4. The van der Waals surface area contributed by atoms with Gasteiger partial charge in [-0.1, -0.05) is 12.1 Å². The Morgan fingerprint density at radius 2 is 2.14 bits per heavy atom. The third-order valence-electron chi connectivity index (χ3n) is 4.75. The number of rotatable bonds is 9. The lowest BCUT2D eigenvalue weighted by Gasteiger charge is -2.19. The summed E-state index contributed by atoms with van der Waals surface area (Å²) in [4.78, 5) is 8.79. The Morgan fingerprint density at radius 3 is 2.76 bits per heavy atom. The van der Waals surface area contributed by atoms with Crippen LogP contribution in [0.4, 0.5) is 4.39 Å². The van der Waals surface area contributed by atoms with Gasteiger partial charge in [0.05, 0.1) is 26.3 Å². The third kappa shape index (κ3) is 6.34. The maximum atomic E-state index is 14.4. The van der Waals surface area contributed by atoms with Crippen molar-refractivity contribution in [3.63, 3.8) is 0 Å². The second-order valence-corrected chi connectivity index (χ2v) is 7.21. The number of hydrogen-bond acceptors (Lipinski definition) is 4. The molecule has 1 saturated carbocycles. The van der Waals surface area contributed by atoms with Crippen molar-refractivity contribution in [2.45, 2.75) is 39.3 Å². The Labute approximate surface area is 171 Å².